The number of carbonyl (C=O) groups is 2. The van der Waals surface area contributed by atoms with Crippen molar-refractivity contribution in [2.24, 2.45) is 0 Å². The molecule has 3 rings (SSSR count). The second-order valence-corrected chi connectivity index (χ2v) is 5.63. The van der Waals surface area contributed by atoms with Crippen LogP contribution >= 0.6 is 0 Å². The van der Waals surface area contributed by atoms with Crippen molar-refractivity contribution in [3.8, 4) is 0 Å². The third kappa shape index (κ3) is 2.19. The molecule has 2 aromatic rings. The number of hydrogen-bond donors (Lipinski definition) is 2. The van der Waals surface area contributed by atoms with Crippen molar-refractivity contribution in [3.05, 3.63) is 58.9 Å². The van der Waals surface area contributed by atoms with Crippen molar-refractivity contribution in [2.45, 2.75) is 25.9 Å². The van der Waals surface area contributed by atoms with Crippen LogP contribution in [0.25, 0.3) is 0 Å². The Bertz CT molecular complexity index is 771. The number of aryl methyl sites for hydroxylation is 2. The highest BCUT2D eigenvalue weighted by molar-refractivity contribution is 6.09. The summed E-state index contributed by atoms with van der Waals surface area (Å²) in [4.78, 5) is 28.6. The minimum Gasteiger partial charge on any atom is -0.375 e. The molecule has 5 heteroatoms. The lowest BCUT2D eigenvalue weighted by molar-refractivity contribution is -0.133. The molecule has 1 aliphatic heterocycles. The number of hydrogen-bond acceptors (Lipinski definition) is 4. The number of pyridine rings is 1. The molecule has 1 aromatic carbocycles. The van der Waals surface area contributed by atoms with Crippen molar-refractivity contribution < 1.29 is 14.7 Å². The maximum absolute atomic E-state index is 12.3. The van der Waals surface area contributed by atoms with Crippen LogP contribution in [0, 0.1) is 13.8 Å². The van der Waals surface area contributed by atoms with Crippen LogP contribution < -0.4 is 5.32 Å². The van der Waals surface area contributed by atoms with Gasteiger partial charge in [-0.3, -0.25) is 14.6 Å². The Kier molecular flexibility index (Phi) is 3.30. The van der Waals surface area contributed by atoms with Gasteiger partial charge in [0.2, 0.25) is 0 Å². The normalized spacial score (nSPS) is 19.7. The molecule has 1 unspecified atom stereocenters. The number of benzene rings is 1. The van der Waals surface area contributed by atoms with Gasteiger partial charge in [-0.1, -0.05) is 23.8 Å². The molecule has 0 spiro atoms. The number of nitrogens with one attached hydrogen (secondary N) is 1. The van der Waals surface area contributed by atoms with Crippen LogP contribution in [0.4, 0.5) is 5.69 Å². The number of aromatic nitrogens is 1. The molecule has 1 aromatic heterocycles. The summed E-state index contributed by atoms with van der Waals surface area (Å²) in [5, 5.41) is 13.5. The van der Waals surface area contributed by atoms with Crippen LogP contribution in [0.1, 0.15) is 33.6 Å². The summed E-state index contributed by atoms with van der Waals surface area (Å²) in [6, 6.07) is 8.63. The van der Waals surface area contributed by atoms with Crippen molar-refractivity contribution >= 4 is 17.4 Å². The lowest BCUT2D eigenvalue weighted by Gasteiger charge is -2.20. The Hall–Kier alpha value is -2.53. The van der Waals surface area contributed by atoms with Crippen LogP contribution in [0.3, 0.4) is 0 Å². The van der Waals surface area contributed by atoms with Gasteiger partial charge >= 0.3 is 0 Å². The van der Waals surface area contributed by atoms with E-state index < -0.39 is 11.5 Å². The minimum atomic E-state index is -1.85. The Balaban J connectivity index is 2.01. The highest BCUT2D eigenvalue weighted by Gasteiger charge is 2.47. The number of amides is 1. The molecule has 0 saturated carbocycles. The van der Waals surface area contributed by atoms with E-state index in [9.17, 15) is 14.7 Å². The molecule has 5 nitrogen and oxygen atoms in total. The van der Waals surface area contributed by atoms with E-state index in [0.717, 1.165) is 11.1 Å². The van der Waals surface area contributed by atoms with Crippen molar-refractivity contribution in [1.82, 2.24) is 4.98 Å². The zero-order valence-corrected chi connectivity index (χ0v) is 12.4. The van der Waals surface area contributed by atoms with E-state index in [4.69, 9.17) is 0 Å². The van der Waals surface area contributed by atoms with Gasteiger partial charge < -0.3 is 10.4 Å². The van der Waals surface area contributed by atoms with Gasteiger partial charge in [0.15, 0.2) is 11.4 Å². The molecule has 1 atom stereocenters. The van der Waals surface area contributed by atoms with E-state index in [0.29, 0.717) is 11.3 Å². The third-order valence-electron chi connectivity index (χ3n) is 3.91. The zero-order chi connectivity index (χ0) is 15.9. The first-order valence-electron chi connectivity index (χ1n) is 7.01. The smallest absolute Gasteiger partial charge is 0.261 e. The summed E-state index contributed by atoms with van der Waals surface area (Å²) in [6.45, 7) is 3.75. The Morgan fingerprint density at radius 2 is 2.09 bits per heavy atom. The average molecular weight is 296 g/mol. The Morgan fingerprint density at radius 3 is 2.77 bits per heavy atom. The van der Waals surface area contributed by atoms with Crippen LogP contribution in [0.2, 0.25) is 0 Å². The topological polar surface area (TPSA) is 79.3 Å². The van der Waals surface area contributed by atoms with Crippen molar-refractivity contribution in [2.75, 3.05) is 5.32 Å². The molecule has 0 saturated heterocycles. The van der Waals surface area contributed by atoms with E-state index in [1.807, 2.05) is 19.9 Å². The fourth-order valence-corrected chi connectivity index (χ4v) is 2.83. The fraction of sp³-hybridized carbons (Fsp3) is 0.235. The third-order valence-corrected chi connectivity index (χ3v) is 3.91. The van der Waals surface area contributed by atoms with Crippen LogP contribution in [-0.4, -0.2) is 21.8 Å². The fourth-order valence-electron chi connectivity index (χ4n) is 2.83. The molecule has 0 radical (unpaired) electrons. The van der Waals surface area contributed by atoms with Crippen LogP contribution in [-0.2, 0) is 10.4 Å². The minimum absolute atomic E-state index is 0.238. The maximum Gasteiger partial charge on any atom is 0.261 e. The van der Waals surface area contributed by atoms with Crippen molar-refractivity contribution in [1.29, 1.82) is 0 Å². The molecule has 0 aliphatic carbocycles. The zero-order valence-electron chi connectivity index (χ0n) is 12.4. The summed E-state index contributed by atoms with van der Waals surface area (Å²) in [7, 11) is 0. The summed E-state index contributed by atoms with van der Waals surface area (Å²) in [5.41, 5.74) is 1.23. The van der Waals surface area contributed by atoms with E-state index in [1.165, 1.54) is 6.20 Å². The first-order chi connectivity index (χ1) is 10.4. The molecule has 112 valence electrons. The highest BCUT2D eigenvalue weighted by atomic mass is 16.3. The quantitative estimate of drug-likeness (QED) is 0.850. The molecule has 2 N–H and O–H groups in total. The molecule has 0 fully saturated rings. The average Bonchev–Trinajstić information content (AvgIpc) is 2.73. The second-order valence-electron chi connectivity index (χ2n) is 5.63. The Morgan fingerprint density at radius 1 is 1.32 bits per heavy atom. The number of rotatable bonds is 3. The van der Waals surface area contributed by atoms with Gasteiger partial charge in [-0.25, -0.2) is 0 Å². The lowest BCUT2D eigenvalue weighted by atomic mass is 9.87. The number of nitrogens with zero attached hydrogens (tertiary/aromatic N) is 1. The predicted octanol–water partition coefficient (Wildman–Crippen LogP) is 2.11. The van der Waals surface area contributed by atoms with Crippen molar-refractivity contribution in [3.63, 3.8) is 0 Å². The molecule has 1 amide bonds. The number of Topliss-reactive ketones (excluding diaryl/α,β-unsaturated/α-hetero) is 1. The molecule has 2 heterocycles. The second kappa shape index (κ2) is 5.03. The highest BCUT2D eigenvalue weighted by Crippen LogP contribution is 2.41. The van der Waals surface area contributed by atoms with E-state index >= 15 is 0 Å². The van der Waals surface area contributed by atoms with Gasteiger partial charge in [-0.05, 0) is 31.5 Å². The van der Waals surface area contributed by atoms with Gasteiger partial charge in [-0.15, -0.1) is 0 Å². The van der Waals surface area contributed by atoms with E-state index in [1.54, 1.807) is 24.3 Å². The number of ketones is 1. The van der Waals surface area contributed by atoms with Gasteiger partial charge in [0, 0.05) is 11.8 Å². The number of fused-ring (bicyclic) bond motifs is 1. The van der Waals surface area contributed by atoms with E-state index in [2.05, 4.69) is 10.3 Å². The molecular formula is C17H16N2O3. The molecule has 1 aliphatic rings. The first-order valence-corrected chi connectivity index (χ1v) is 7.01. The first kappa shape index (κ1) is 14.4. The van der Waals surface area contributed by atoms with Gasteiger partial charge in [0.1, 0.15) is 5.69 Å². The van der Waals surface area contributed by atoms with Gasteiger partial charge in [-0.2, -0.15) is 0 Å². The summed E-state index contributed by atoms with van der Waals surface area (Å²) >= 11 is 0. The van der Waals surface area contributed by atoms with Crippen LogP contribution in [0.5, 0.6) is 0 Å². The van der Waals surface area contributed by atoms with Crippen LogP contribution in [0.15, 0.2) is 36.5 Å². The standard InChI is InChI=1S/C17H16N2O3/c1-10-7-11(2)15-12(8-10)17(22,16(21)19-15)9-14(20)13-5-3-4-6-18-13/h3-8,22H,9H2,1-2H3,(H,19,21). The number of carbonyl (C=O) groups excluding carboxylic acids is 2. The molecule has 0 bridgehead atoms. The summed E-state index contributed by atoms with van der Waals surface area (Å²) in [5.74, 6) is -0.939. The molecule has 22 heavy (non-hydrogen) atoms. The maximum atomic E-state index is 12.3. The number of anilines is 1. The monoisotopic (exact) mass is 296 g/mol. The SMILES string of the molecule is Cc1cc(C)c2c(c1)C(O)(CC(=O)c1ccccn1)C(=O)N2. The van der Waals surface area contributed by atoms with Gasteiger partial charge in [0.25, 0.3) is 5.91 Å². The summed E-state index contributed by atoms with van der Waals surface area (Å²) < 4.78 is 0. The van der Waals surface area contributed by atoms with E-state index in [-0.39, 0.29) is 17.9 Å². The Labute approximate surface area is 128 Å². The largest absolute Gasteiger partial charge is 0.375 e. The summed E-state index contributed by atoms with van der Waals surface area (Å²) in [6.07, 6.45) is 1.18. The number of aliphatic hydroxyl groups is 1. The van der Waals surface area contributed by atoms with Gasteiger partial charge in [0.05, 0.1) is 12.1 Å². The lowest BCUT2D eigenvalue weighted by Crippen LogP contribution is -2.36. The molecular weight excluding hydrogens is 280 g/mol. The predicted molar refractivity (Wildman–Crippen MR) is 81.6 cm³/mol.